The highest BCUT2D eigenvalue weighted by Crippen LogP contribution is 2.05. The summed E-state index contributed by atoms with van der Waals surface area (Å²) in [7, 11) is 1.93. The Bertz CT molecular complexity index is 76.1. The topological polar surface area (TPSA) is 30.5 Å². The van der Waals surface area contributed by atoms with Gasteiger partial charge in [-0.15, -0.1) is 12.4 Å². The van der Waals surface area contributed by atoms with Crippen LogP contribution in [0.2, 0.25) is 0 Å². The summed E-state index contributed by atoms with van der Waals surface area (Å²) >= 11 is 0. The summed E-state index contributed by atoms with van der Waals surface area (Å²) in [4.78, 5) is 0. The van der Waals surface area contributed by atoms with E-state index in [1.165, 1.54) is 0 Å². The third-order valence-corrected chi connectivity index (χ3v) is 1.32. The van der Waals surface area contributed by atoms with Gasteiger partial charge in [-0.2, -0.15) is 0 Å². The third-order valence-electron chi connectivity index (χ3n) is 1.32. The van der Waals surface area contributed by atoms with E-state index < -0.39 is 0 Å². The maximum atomic E-state index is 5.19. The van der Waals surface area contributed by atoms with Crippen molar-refractivity contribution in [3.63, 3.8) is 0 Å². The molecule has 1 rings (SSSR count). The van der Waals surface area contributed by atoms with Gasteiger partial charge in [-0.25, -0.2) is 0 Å². The average Bonchev–Trinajstić information content (AvgIpc) is 2.34. The Morgan fingerprint density at radius 2 is 2.00 bits per heavy atom. The van der Waals surface area contributed by atoms with Gasteiger partial charge < -0.3 is 14.8 Å². The van der Waals surface area contributed by atoms with Crippen LogP contribution in [0, 0.1) is 0 Å². The second-order valence-electron chi connectivity index (χ2n) is 2.06. The zero-order chi connectivity index (χ0) is 6.53. The summed E-state index contributed by atoms with van der Waals surface area (Å²) in [6.07, 6.45) is 1.01. The first kappa shape index (κ1) is 10.2. The first-order valence-corrected chi connectivity index (χ1v) is 3.31. The molecule has 0 unspecified atom stereocenters. The van der Waals surface area contributed by atoms with E-state index in [0.29, 0.717) is 0 Å². The Kier molecular flexibility index (Phi) is 6.02. The van der Waals surface area contributed by atoms with Crippen LogP contribution in [-0.4, -0.2) is 33.1 Å². The Morgan fingerprint density at radius 3 is 2.50 bits per heavy atom. The molecule has 62 valence electrons. The third kappa shape index (κ3) is 3.37. The Morgan fingerprint density at radius 1 is 1.40 bits per heavy atom. The lowest BCUT2D eigenvalue weighted by Gasteiger charge is -2.06. The molecule has 0 bridgehead atoms. The normalized spacial score (nSPS) is 18.9. The highest BCUT2D eigenvalue weighted by molar-refractivity contribution is 5.85. The summed E-state index contributed by atoms with van der Waals surface area (Å²) in [5, 5.41) is 3.03. The molecule has 0 aliphatic carbocycles. The predicted molar refractivity (Wildman–Crippen MR) is 41.5 cm³/mol. The molecule has 1 aliphatic rings. The van der Waals surface area contributed by atoms with E-state index in [0.717, 1.165) is 26.2 Å². The molecule has 0 radical (unpaired) electrons. The van der Waals surface area contributed by atoms with Crippen LogP contribution < -0.4 is 5.32 Å². The van der Waals surface area contributed by atoms with Gasteiger partial charge in [0.15, 0.2) is 6.29 Å². The van der Waals surface area contributed by atoms with E-state index in [1.54, 1.807) is 0 Å². The van der Waals surface area contributed by atoms with Gasteiger partial charge in [-0.05, 0) is 13.6 Å². The molecule has 10 heavy (non-hydrogen) atoms. The predicted octanol–water partition coefficient (Wildman–Crippen LogP) is 0.391. The van der Waals surface area contributed by atoms with Crippen LogP contribution in [0.3, 0.4) is 0 Å². The molecular weight excluding hydrogens is 154 g/mol. The quantitative estimate of drug-likeness (QED) is 0.660. The van der Waals surface area contributed by atoms with Crippen molar-refractivity contribution in [1.82, 2.24) is 5.32 Å². The van der Waals surface area contributed by atoms with Crippen molar-refractivity contribution in [1.29, 1.82) is 0 Å². The van der Waals surface area contributed by atoms with E-state index in [2.05, 4.69) is 5.32 Å². The van der Waals surface area contributed by atoms with Crippen molar-refractivity contribution >= 4 is 12.4 Å². The lowest BCUT2D eigenvalue weighted by molar-refractivity contribution is -0.0456. The number of hydrogen-bond acceptors (Lipinski definition) is 3. The van der Waals surface area contributed by atoms with Crippen molar-refractivity contribution in [2.24, 2.45) is 0 Å². The molecule has 1 aliphatic heterocycles. The van der Waals surface area contributed by atoms with Gasteiger partial charge in [0, 0.05) is 6.42 Å². The average molecular weight is 168 g/mol. The molecule has 0 atom stereocenters. The van der Waals surface area contributed by atoms with Crippen LogP contribution in [0.5, 0.6) is 0 Å². The maximum Gasteiger partial charge on any atom is 0.159 e. The van der Waals surface area contributed by atoms with Crippen LogP contribution in [-0.2, 0) is 9.47 Å². The zero-order valence-corrected chi connectivity index (χ0v) is 6.95. The Hall–Kier alpha value is 0.170. The molecule has 3 nitrogen and oxygen atoms in total. The molecule has 0 aromatic carbocycles. The molecule has 0 spiro atoms. The zero-order valence-electron chi connectivity index (χ0n) is 6.13. The summed E-state index contributed by atoms with van der Waals surface area (Å²) < 4.78 is 10.4. The van der Waals surface area contributed by atoms with E-state index in [9.17, 15) is 0 Å². The first-order valence-electron chi connectivity index (χ1n) is 3.31. The highest BCUT2D eigenvalue weighted by Gasteiger charge is 2.13. The SMILES string of the molecule is CNCCC1OCCO1.Cl. The minimum atomic E-state index is 0. The van der Waals surface area contributed by atoms with Gasteiger partial charge in [0.05, 0.1) is 13.2 Å². The monoisotopic (exact) mass is 167 g/mol. The van der Waals surface area contributed by atoms with Gasteiger partial charge >= 0.3 is 0 Å². The van der Waals surface area contributed by atoms with Crippen molar-refractivity contribution in [3.05, 3.63) is 0 Å². The molecule has 1 saturated heterocycles. The second kappa shape index (κ2) is 5.92. The van der Waals surface area contributed by atoms with Crippen molar-refractivity contribution in [2.75, 3.05) is 26.8 Å². The van der Waals surface area contributed by atoms with Crippen molar-refractivity contribution in [2.45, 2.75) is 12.7 Å². The summed E-state index contributed by atoms with van der Waals surface area (Å²) in [6, 6.07) is 0. The highest BCUT2D eigenvalue weighted by atomic mass is 35.5. The van der Waals surface area contributed by atoms with E-state index in [4.69, 9.17) is 9.47 Å². The molecule has 0 amide bonds. The van der Waals surface area contributed by atoms with Gasteiger partial charge in [-0.3, -0.25) is 0 Å². The second-order valence-corrected chi connectivity index (χ2v) is 2.06. The fraction of sp³-hybridized carbons (Fsp3) is 1.00. The molecule has 0 saturated carbocycles. The van der Waals surface area contributed by atoms with Gasteiger partial charge in [0.2, 0.25) is 0 Å². The standard InChI is InChI=1S/C6H13NO2.ClH/c1-7-3-2-6-8-4-5-9-6;/h6-7H,2-5H2,1H3;1H. The Balaban J connectivity index is 0.000000810. The number of ether oxygens (including phenoxy) is 2. The fourth-order valence-corrected chi connectivity index (χ4v) is 0.836. The molecule has 0 aromatic heterocycles. The number of halogens is 1. The molecule has 0 aromatic rings. The smallest absolute Gasteiger partial charge is 0.159 e. The number of rotatable bonds is 3. The molecule has 1 heterocycles. The van der Waals surface area contributed by atoms with Gasteiger partial charge in [0.25, 0.3) is 0 Å². The fourth-order valence-electron chi connectivity index (χ4n) is 0.836. The molecule has 1 N–H and O–H groups in total. The molecule has 4 heteroatoms. The van der Waals surface area contributed by atoms with Gasteiger partial charge in [0.1, 0.15) is 0 Å². The number of nitrogens with one attached hydrogen (secondary N) is 1. The van der Waals surface area contributed by atoms with Crippen LogP contribution in [0.4, 0.5) is 0 Å². The van der Waals surface area contributed by atoms with Crippen LogP contribution in [0.25, 0.3) is 0 Å². The minimum Gasteiger partial charge on any atom is -0.350 e. The summed E-state index contributed by atoms with van der Waals surface area (Å²) in [5.41, 5.74) is 0. The van der Waals surface area contributed by atoms with E-state index >= 15 is 0 Å². The molecule has 1 fully saturated rings. The largest absolute Gasteiger partial charge is 0.350 e. The van der Waals surface area contributed by atoms with Crippen molar-refractivity contribution in [3.8, 4) is 0 Å². The van der Waals surface area contributed by atoms with Crippen molar-refractivity contribution < 1.29 is 9.47 Å². The summed E-state index contributed by atoms with van der Waals surface area (Å²) in [5.74, 6) is 0. The summed E-state index contributed by atoms with van der Waals surface area (Å²) in [6.45, 7) is 2.48. The first-order chi connectivity index (χ1) is 4.43. The minimum absolute atomic E-state index is 0. The van der Waals surface area contributed by atoms with Crippen LogP contribution in [0.15, 0.2) is 0 Å². The number of hydrogen-bond donors (Lipinski definition) is 1. The maximum absolute atomic E-state index is 5.19. The lowest BCUT2D eigenvalue weighted by Crippen LogP contribution is -2.17. The Labute approximate surface area is 67.5 Å². The van der Waals surface area contributed by atoms with E-state index in [-0.39, 0.29) is 18.7 Å². The van der Waals surface area contributed by atoms with Crippen LogP contribution >= 0.6 is 12.4 Å². The lowest BCUT2D eigenvalue weighted by atomic mass is 10.4. The van der Waals surface area contributed by atoms with E-state index in [1.807, 2.05) is 7.05 Å². The van der Waals surface area contributed by atoms with Crippen LogP contribution in [0.1, 0.15) is 6.42 Å². The molecular formula is C6H14ClNO2. The van der Waals surface area contributed by atoms with Gasteiger partial charge in [-0.1, -0.05) is 0 Å².